The first-order valence-corrected chi connectivity index (χ1v) is 8.86. The number of piperidine rings is 1. The van der Waals surface area contributed by atoms with Crippen LogP contribution in [0.3, 0.4) is 0 Å². The standard InChI is InChI=1S/C17H27FN4O/c1-2-15-16(18)17(20-13-19-15)22-9-6-14(12-22)23-11-10-21-7-4-3-5-8-21/h13-14H,2-12H2,1H3. The quantitative estimate of drug-likeness (QED) is 0.803. The number of aromatic nitrogens is 2. The molecular formula is C17H27FN4O. The summed E-state index contributed by atoms with van der Waals surface area (Å²) < 4.78 is 20.3. The second-order valence-electron chi connectivity index (χ2n) is 6.44. The minimum atomic E-state index is -0.274. The lowest BCUT2D eigenvalue weighted by atomic mass is 10.1. The highest BCUT2D eigenvalue weighted by atomic mass is 19.1. The van der Waals surface area contributed by atoms with Crippen molar-refractivity contribution in [3.05, 3.63) is 17.8 Å². The van der Waals surface area contributed by atoms with Crippen LogP contribution in [-0.4, -0.2) is 60.3 Å². The molecule has 128 valence electrons. The maximum atomic E-state index is 14.3. The van der Waals surface area contributed by atoms with E-state index in [1.807, 2.05) is 11.8 Å². The summed E-state index contributed by atoms with van der Waals surface area (Å²) in [5, 5.41) is 0. The van der Waals surface area contributed by atoms with E-state index < -0.39 is 0 Å². The second kappa shape index (κ2) is 8.02. The van der Waals surface area contributed by atoms with E-state index in [-0.39, 0.29) is 11.9 Å². The number of likely N-dealkylation sites (tertiary alicyclic amines) is 1. The molecule has 0 spiro atoms. The van der Waals surface area contributed by atoms with E-state index in [4.69, 9.17) is 4.74 Å². The van der Waals surface area contributed by atoms with Crippen LogP contribution in [0.4, 0.5) is 10.2 Å². The van der Waals surface area contributed by atoms with Gasteiger partial charge in [-0.1, -0.05) is 13.3 Å². The summed E-state index contributed by atoms with van der Waals surface area (Å²) in [5.41, 5.74) is 0.490. The molecule has 0 bridgehead atoms. The van der Waals surface area contributed by atoms with E-state index in [0.29, 0.717) is 17.9 Å². The molecule has 1 unspecified atom stereocenters. The van der Waals surface area contributed by atoms with E-state index in [2.05, 4.69) is 14.9 Å². The molecule has 2 aliphatic heterocycles. The Morgan fingerprint density at radius 2 is 2.04 bits per heavy atom. The minimum absolute atomic E-state index is 0.180. The van der Waals surface area contributed by atoms with Crippen LogP contribution < -0.4 is 4.90 Å². The Kier molecular flexibility index (Phi) is 5.78. The first-order valence-electron chi connectivity index (χ1n) is 8.86. The van der Waals surface area contributed by atoms with Crippen LogP contribution in [0.1, 0.15) is 38.3 Å². The summed E-state index contributed by atoms with van der Waals surface area (Å²) in [7, 11) is 0. The number of anilines is 1. The number of hydrogen-bond donors (Lipinski definition) is 0. The molecule has 6 heteroatoms. The average molecular weight is 322 g/mol. The molecule has 0 saturated carbocycles. The van der Waals surface area contributed by atoms with Crippen molar-refractivity contribution in [2.75, 3.05) is 44.2 Å². The highest BCUT2D eigenvalue weighted by molar-refractivity contribution is 5.42. The summed E-state index contributed by atoms with van der Waals surface area (Å²) in [4.78, 5) is 12.6. The van der Waals surface area contributed by atoms with Gasteiger partial charge in [0.1, 0.15) is 6.33 Å². The number of halogens is 1. The van der Waals surface area contributed by atoms with Gasteiger partial charge in [-0.05, 0) is 38.8 Å². The van der Waals surface area contributed by atoms with E-state index in [1.54, 1.807) is 0 Å². The fraction of sp³-hybridized carbons (Fsp3) is 0.765. The van der Waals surface area contributed by atoms with Crippen LogP contribution >= 0.6 is 0 Å². The van der Waals surface area contributed by atoms with Gasteiger partial charge in [-0.3, -0.25) is 0 Å². The van der Waals surface area contributed by atoms with E-state index in [1.165, 1.54) is 38.7 Å². The molecule has 1 aromatic rings. The Morgan fingerprint density at radius 3 is 2.83 bits per heavy atom. The summed E-state index contributed by atoms with van der Waals surface area (Å²) >= 11 is 0. The minimum Gasteiger partial charge on any atom is -0.375 e. The van der Waals surface area contributed by atoms with Gasteiger partial charge in [-0.2, -0.15) is 0 Å². The van der Waals surface area contributed by atoms with Crippen LogP contribution in [0.25, 0.3) is 0 Å². The topological polar surface area (TPSA) is 41.5 Å². The third kappa shape index (κ3) is 4.18. The zero-order chi connectivity index (χ0) is 16.1. The molecule has 0 aromatic carbocycles. The number of hydrogen-bond acceptors (Lipinski definition) is 5. The Balaban J connectivity index is 1.47. The van der Waals surface area contributed by atoms with Gasteiger partial charge in [0.2, 0.25) is 0 Å². The summed E-state index contributed by atoms with van der Waals surface area (Å²) in [5.74, 6) is 0.156. The fourth-order valence-corrected chi connectivity index (χ4v) is 3.45. The lowest BCUT2D eigenvalue weighted by molar-refractivity contribution is 0.0466. The highest BCUT2D eigenvalue weighted by Crippen LogP contribution is 2.23. The van der Waals surface area contributed by atoms with Gasteiger partial charge in [0.15, 0.2) is 11.6 Å². The van der Waals surface area contributed by atoms with E-state index >= 15 is 0 Å². The van der Waals surface area contributed by atoms with Crippen molar-refractivity contribution in [3.8, 4) is 0 Å². The molecule has 0 N–H and O–H groups in total. The molecule has 23 heavy (non-hydrogen) atoms. The highest BCUT2D eigenvalue weighted by Gasteiger charge is 2.27. The van der Waals surface area contributed by atoms with Crippen molar-refractivity contribution >= 4 is 5.82 Å². The SMILES string of the molecule is CCc1ncnc(N2CCC(OCCN3CCCCC3)C2)c1F. The van der Waals surface area contributed by atoms with Crippen molar-refractivity contribution < 1.29 is 9.13 Å². The molecule has 0 aliphatic carbocycles. The molecule has 0 amide bonds. The second-order valence-corrected chi connectivity index (χ2v) is 6.44. The van der Waals surface area contributed by atoms with E-state index in [0.717, 1.165) is 32.7 Å². The molecule has 5 nitrogen and oxygen atoms in total. The summed E-state index contributed by atoms with van der Waals surface area (Å²) in [6.07, 6.45) is 7.14. The van der Waals surface area contributed by atoms with Crippen LogP contribution in [0.2, 0.25) is 0 Å². The first kappa shape index (κ1) is 16.6. The Bertz CT molecular complexity index is 507. The molecular weight excluding hydrogens is 295 g/mol. The lowest BCUT2D eigenvalue weighted by Crippen LogP contribution is -2.34. The smallest absolute Gasteiger partial charge is 0.187 e. The van der Waals surface area contributed by atoms with Crippen molar-refractivity contribution in [1.82, 2.24) is 14.9 Å². The lowest BCUT2D eigenvalue weighted by Gasteiger charge is -2.26. The van der Waals surface area contributed by atoms with Crippen LogP contribution in [0, 0.1) is 5.82 Å². The van der Waals surface area contributed by atoms with Crippen molar-refractivity contribution in [3.63, 3.8) is 0 Å². The molecule has 3 heterocycles. The maximum Gasteiger partial charge on any atom is 0.187 e. The number of aryl methyl sites for hydroxylation is 1. The van der Waals surface area contributed by atoms with Gasteiger partial charge in [0.05, 0.1) is 18.4 Å². The predicted octanol–water partition coefficient (Wildman–Crippen LogP) is 2.26. The van der Waals surface area contributed by atoms with Crippen LogP contribution in [0.15, 0.2) is 6.33 Å². The first-order chi connectivity index (χ1) is 11.3. The monoisotopic (exact) mass is 322 g/mol. The average Bonchev–Trinajstić information content (AvgIpc) is 3.05. The molecule has 1 atom stereocenters. The number of nitrogens with zero attached hydrogens (tertiary/aromatic N) is 4. The molecule has 2 fully saturated rings. The van der Waals surface area contributed by atoms with E-state index in [9.17, 15) is 4.39 Å². The van der Waals surface area contributed by atoms with Gasteiger partial charge in [-0.25, -0.2) is 14.4 Å². The number of ether oxygens (including phenoxy) is 1. The van der Waals surface area contributed by atoms with Gasteiger partial charge in [-0.15, -0.1) is 0 Å². The molecule has 3 rings (SSSR count). The predicted molar refractivity (Wildman–Crippen MR) is 88.2 cm³/mol. The van der Waals surface area contributed by atoms with Gasteiger partial charge >= 0.3 is 0 Å². The fourth-order valence-electron chi connectivity index (χ4n) is 3.45. The Labute approximate surface area is 137 Å². The zero-order valence-corrected chi connectivity index (χ0v) is 14.0. The number of rotatable bonds is 6. The van der Waals surface area contributed by atoms with Crippen molar-refractivity contribution in [2.24, 2.45) is 0 Å². The van der Waals surface area contributed by atoms with Crippen LogP contribution in [0.5, 0.6) is 0 Å². The van der Waals surface area contributed by atoms with Gasteiger partial charge in [0, 0.05) is 19.6 Å². The van der Waals surface area contributed by atoms with Gasteiger partial charge in [0.25, 0.3) is 0 Å². The molecule has 0 radical (unpaired) electrons. The normalized spacial score (nSPS) is 22.7. The third-order valence-corrected chi connectivity index (χ3v) is 4.83. The Morgan fingerprint density at radius 1 is 1.22 bits per heavy atom. The Hall–Kier alpha value is -1.27. The zero-order valence-electron chi connectivity index (χ0n) is 14.0. The maximum absolute atomic E-state index is 14.3. The van der Waals surface area contributed by atoms with Crippen molar-refractivity contribution in [2.45, 2.75) is 45.1 Å². The molecule has 2 saturated heterocycles. The summed E-state index contributed by atoms with van der Waals surface area (Å²) in [6, 6.07) is 0. The molecule has 2 aliphatic rings. The van der Waals surface area contributed by atoms with Gasteiger partial charge < -0.3 is 14.5 Å². The molecule has 1 aromatic heterocycles. The summed E-state index contributed by atoms with van der Waals surface area (Å²) in [6.45, 7) is 7.61. The third-order valence-electron chi connectivity index (χ3n) is 4.83. The largest absolute Gasteiger partial charge is 0.375 e. The van der Waals surface area contributed by atoms with Crippen LogP contribution in [-0.2, 0) is 11.2 Å². The van der Waals surface area contributed by atoms with Crippen molar-refractivity contribution in [1.29, 1.82) is 0 Å².